The van der Waals surface area contributed by atoms with Gasteiger partial charge in [0.15, 0.2) is 0 Å². The Bertz CT molecular complexity index is 75.7. The quantitative estimate of drug-likeness (QED) is 0.269. The predicted octanol–water partition coefficient (Wildman–Crippen LogP) is -3.87. The summed E-state index contributed by atoms with van der Waals surface area (Å²) in [4.78, 5) is 21.6. The Labute approximate surface area is 184 Å². The minimum absolute atomic E-state index is 0. The van der Waals surface area contributed by atoms with E-state index >= 15 is 0 Å². The Morgan fingerprint density at radius 1 is 0.818 bits per heavy atom. The zero-order valence-electron chi connectivity index (χ0n) is 11.8. The minimum Gasteiger partial charge on any atom is -1.00 e. The van der Waals surface area contributed by atoms with Crippen LogP contribution in [0.4, 0.5) is 0 Å². The Hall–Kier alpha value is 4.43. The molecule has 0 aromatic rings. The van der Waals surface area contributed by atoms with E-state index in [0.29, 0.717) is 0 Å². The summed E-state index contributed by atoms with van der Waals surface area (Å²) in [5, 5.41) is 0. The van der Waals surface area contributed by atoms with Crippen LogP contribution in [0.15, 0.2) is 0 Å². The van der Waals surface area contributed by atoms with Gasteiger partial charge in [0.1, 0.15) is 0 Å². The molecule has 0 aliphatic rings. The largest absolute Gasteiger partial charge is 2.00 e. The molecule has 0 fully saturated rings. The average molecular weight is 421 g/mol. The summed E-state index contributed by atoms with van der Waals surface area (Å²) < 4.78 is 8.88. The van der Waals surface area contributed by atoms with Crippen molar-refractivity contribution < 1.29 is 44.2 Å². The smallest absolute Gasteiger partial charge is 1.00 e. The van der Waals surface area contributed by atoms with Crippen molar-refractivity contribution >= 4 is 144 Å². The van der Waals surface area contributed by atoms with E-state index in [4.69, 9.17) is 19.2 Å². The number of hydrogen-bond donors (Lipinski definition) is 3. The van der Waals surface area contributed by atoms with Crippen LogP contribution in [0.1, 0.15) is 8.56 Å². The second-order valence-electron chi connectivity index (χ2n) is 0.513. The summed E-state index contributed by atoms with van der Waals surface area (Å²) in [6, 6.07) is 0. The van der Waals surface area contributed by atoms with Crippen molar-refractivity contribution in [3.8, 4) is 0 Å². The van der Waals surface area contributed by atoms with Crippen molar-refractivity contribution in [2.75, 3.05) is 0 Å². The van der Waals surface area contributed by atoms with E-state index in [0.717, 1.165) is 0 Å². The van der Waals surface area contributed by atoms with Crippen LogP contribution in [0.25, 0.3) is 0 Å². The van der Waals surface area contributed by atoms with Gasteiger partial charge < -0.3 is 39.7 Å². The summed E-state index contributed by atoms with van der Waals surface area (Å²) in [5.41, 5.74) is 0. The molecule has 7 nitrogen and oxygen atoms in total. The van der Waals surface area contributed by atoms with Crippen molar-refractivity contribution in [3.05, 3.63) is 0 Å². The molecule has 68 valence electrons. The minimum atomic E-state index is -4.64. The monoisotopic (exact) mass is 422 g/mol. The van der Waals surface area contributed by atoms with Gasteiger partial charge in [0, 0.05) is 0 Å². The second kappa shape index (κ2) is 23.9. The fourth-order valence-corrected chi connectivity index (χ4v) is 0. The van der Waals surface area contributed by atoms with Crippen LogP contribution in [0.5, 0.6) is 0 Å². The van der Waals surface area contributed by atoms with Crippen molar-refractivity contribution in [1.29, 1.82) is 0 Å². The van der Waals surface area contributed by atoms with Crippen LogP contribution in [0.3, 0.4) is 0 Å². The van der Waals surface area contributed by atoms with Crippen LogP contribution in [-0.4, -0.2) is 168 Å². The van der Waals surface area contributed by atoms with Gasteiger partial charge in [0.25, 0.3) is 0 Å². The summed E-state index contributed by atoms with van der Waals surface area (Å²) in [6.07, 6.45) is 0. The van der Waals surface area contributed by atoms with Gasteiger partial charge in [-0.3, -0.25) is 0 Å². The fraction of sp³-hybridized carbons (Fsp3) is 0. The third-order valence-electron chi connectivity index (χ3n) is 0. The van der Waals surface area contributed by atoms with E-state index in [1.54, 1.807) is 0 Å². The summed E-state index contributed by atoms with van der Waals surface area (Å²) in [6.45, 7) is 0. The van der Waals surface area contributed by atoms with E-state index in [2.05, 4.69) is 0 Å². The van der Waals surface area contributed by atoms with Gasteiger partial charge >= 0.3 is 144 Å². The molecule has 0 bridgehead atoms. The first-order chi connectivity index (χ1) is 2.00. The molecule has 0 rings (SSSR count). The topological polar surface area (TPSA) is 172 Å². The Balaban J connectivity index is -0.00000000121. The second-order valence-corrected chi connectivity index (χ2v) is 1.54. The molecule has 0 spiro atoms. The maximum Gasteiger partial charge on any atom is 2.00 e. The van der Waals surface area contributed by atoms with Gasteiger partial charge in [-0.05, 0) is 0 Å². The maximum atomic E-state index is 8.88. The normalized spacial score (nSPS) is 5.36. The van der Waals surface area contributed by atoms with Gasteiger partial charge in [0.05, 0.1) is 0 Å². The van der Waals surface area contributed by atoms with E-state index < -0.39 is 7.82 Å². The molecule has 0 radical (unpaired) electrons. The molecule has 0 aromatic carbocycles. The summed E-state index contributed by atoms with van der Waals surface area (Å²) in [5.74, 6) is 0. The van der Waals surface area contributed by atoms with Gasteiger partial charge in [-0.2, -0.15) is 0 Å². The number of rotatable bonds is 0. The molecule has 0 saturated heterocycles. The van der Waals surface area contributed by atoms with Crippen LogP contribution in [0, 0.1) is 0 Å². The molecule has 0 amide bonds. The van der Waals surface area contributed by atoms with E-state index in [1.807, 2.05) is 0 Å². The van der Waals surface area contributed by atoms with Crippen LogP contribution in [0.2, 0.25) is 0 Å². The van der Waals surface area contributed by atoms with Crippen molar-refractivity contribution in [3.63, 3.8) is 0 Å². The molecule has 9 N–H and O–H groups in total. The molecule has 0 saturated carbocycles. The van der Waals surface area contributed by atoms with Gasteiger partial charge in [-0.15, -0.1) is 0 Å². The molecule has 11 heteroatoms. The molecule has 0 aromatic heterocycles. The van der Waals surface area contributed by atoms with Gasteiger partial charge in [0.2, 0.25) is 0 Å². The molecule has 0 atom stereocenters. The van der Waals surface area contributed by atoms with Crippen molar-refractivity contribution in [2.45, 2.75) is 0 Å². The Kier molecular flexibility index (Phi) is 98.3. The summed E-state index contributed by atoms with van der Waals surface area (Å²) >= 11 is 0. The Morgan fingerprint density at radius 2 is 0.818 bits per heavy atom. The molecule has 0 aliphatic carbocycles. The van der Waals surface area contributed by atoms with Crippen LogP contribution in [-0.2, 0) is 4.57 Å². The first-order valence-electron chi connectivity index (χ1n) is 0.783. The predicted molar refractivity (Wildman–Crippen MR) is 49.0 cm³/mol. The summed E-state index contributed by atoms with van der Waals surface area (Å²) in [7, 11) is -4.64. The fourth-order valence-electron chi connectivity index (χ4n) is 0. The zero-order chi connectivity index (χ0) is 4.50. The first-order valence-corrected chi connectivity index (χ1v) is 2.35. The van der Waals surface area contributed by atoms with Gasteiger partial charge in [-0.1, -0.05) is 0 Å². The molecule has 0 aliphatic heterocycles. The third-order valence-corrected chi connectivity index (χ3v) is 0. The number of hydrogen-bond acceptors (Lipinski definition) is 1. The van der Waals surface area contributed by atoms with Crippen molar-refractivity contribution in [1.82, 2.24) is 0 Å². The number of phosphoric acid groups is 1. The standard InChI is InChI=1S/H3O4P.3H2O.3Sr.6H/c1-5(2,3)4;;;;;;;;;;;;/h(H3,1,2,3,4);3*1H2;;;;;;;;;/q;;;;3*+2;6*-1. The average Bonchev–Trinajstić information content (AvgIpc) is 0.722. The van der Waals surface area contributed by atoms with E-state index in [1.165, 1.54) is 0 Å². The van der Waals surface area contributed by atoms with Crippen LogP contribution < -0.4 is 0 Å². The maximum absolute atomic E-state index is 8.88. The molecule has 0 heterocycles. The van der Waals surface area contributed by atoms with E-state index in [9.17, 15) is 0 Å². The molecule has 11 heavy (non-hydrogen) atoms. The van der Waals surface area contributed by atoms with E-state index in [-0.39, 0.29) is 161 Å². The Morgan fingerprint density at radius 3 is 0.818 bits per heavy atom. The SMILES string of the molecule is O.O.O.O=P(O)(O)O.[H-].[H-].[H-].[H-].[H-].[H-].[Sr+2].[Sr+2].[Sr+2]. The van der Waals surface area contributed by atoms with Gasteiger partial charge in [-0.25, -0.2) is 4.57 Å². The molecular weight excluding hydrogens is 406 g/mol. The molecule has 0 unspecified atom stereocenters. The van der Waals surface area contributed by atoms with Crippen LogP contribution >= 0.6 is 7.82 Å². The molecular formula is H15O7PSr3. The zero-order valence-corrected chi connectivity index (χ0v) is 17.1. The first kappa shape index (κ1) is 45.2. The third kappa shape index (κ3) is 114. The van der Waals surface area contributed by atoms with Crippen molar-refractivity contribution in [2.24, 2.45) is 0 Å².